The molecule has 4 atom stereocenters. The molecule has 0 bridgehead atoms. The summed E-state index contributed by atoms with van der Waals surface area (Å²) in [5, 5.41) is 0. The molecular formula is C30H35F7N2O4S. The van der Waals surface area contributed by atoms with Gasteiger partial charge in [-0.05, 0) is 89.9 Å². The fourth-order valence-corrected chi connectivity index (χ4v) is 5.02. The molecule has 0 spiro atoms. The van der Waals surface area contributed by atoms with Crippen molar-refractivity contribution in [2.75, 3.05) is 6.54 Å². The lowest BCUT2D eigenvalue weighted by atomic mass is 9.93. The van der Waals surface area contributed by atoms with Gasteiger partial charge in [-0.15, -0.1) is 0 Å². The number of halogens is 7. The van der Waals surface area contributed by atoms with Gasteiger partial charge in [0.2, 0.25) is 0 Å². The lowest BCUT2D eigenvalue weighted by molar-refractivity contribution is -0.143. The van der Waals surface area contributed by atoms with Crippen LogP contribution in [-0.2, 0) is 32.8 Å². The maximum absolute atomic E-state index is 13.9. The van der Waals surface area contributed by atoms with E-state index < -0.39 is 80.4 Å². The molecule has 1 aliphatic rings. The van der Waals surface area contributed by atoms with Gasteiger partial charge >= 0.3 is 18.4 Å². The Hall–Kier alpha value is -3.13. The summed E-state index contributed by atoms with van der Waals surface area (Å²) in [7, 11) is -1.65. The van der Waals surface area contributed by atoms with Crippen LogP contribution in [0.3, 0.4) is 0 Å². The van der Waals surface area contributed by atoms with Gasteiger partial charge in [-0.3, -0.25) is 4.90 Å². The number of nitrogens with one attached hydrogen (secondary N) is 1. The Morgan fingerprint density at radius 2 is 1.48 bits per heavy atom. The zero-order valence-corrected chi connectivity index (χ0v) is 26.0. The van der Waals surface area contributed by atoms with Crippen molar-refractivity contribution < 1.29 is 49.2 Å². The topological polar surface area (TPSA) is 67.9 Å². The van der Waals surface area contributed by atoms with Gasteiger partial charge in [0, 0.05) is 6.20 Å². The molecule has 0 aliphatic carbocycles. The molecule has 244 valence electrons. The van der Waals surface area contributed by atoms with Crippen molar-refractivity contribution in [2.24, 2.45) is 0 Å². The lowest BCUT2D eigenvalue weighted by Gasteiger charge is -2.26. The molecule has 1 amide bonds. The van der Waals surface area contributed by atoms with Crippen LogP contribution >= 0.6 is 0 Å². The Morgan fingerprint density at radius 1 is 0.955 bits per heavy atom. The van der Waals surface area contributed by atoms with Crippen LogP contribution in [0.4, 0.5) is 35.5 Å². The zero-order chi connectivity index (χ0) is 33.4. The summed E-state index contributed by atoms with van der Waals surface area (Å²) in [6.07, 6.45) is -12.0. The molecular weight excluding hydrogens is 617 g/mol. The molecule has 1 aliphatic heterocycles. The summed E-state index contributed by atoms with van der Waals surface area (Å²) in [4.78, 5) is 14.5. The summed E-state index contributed by atoms with van der Waals surface area (Å²) in [6.45, 7) is 11.1. The Balaban J connectivity index is 2.13. The molecule has 1 fully saturated rings. The van der Waals surface area contributed by atoms with Gasteiger partial charge in [-0.2, -0.15) is 26.3 Å². The maximum Gasteiger partial charge on any atom is 0.416 e. The van der Waals surface area contributed by atoms with Gasteiger partial charge < -0.3 is 14.2 Å². The minimum Gasteiger partial charge on any atom is -0.443 e. The zero-order valence-electron chi connectivity index (χ0n) is 25.2. The van der Waals surface area contributed by atoms with E-state index in [1.807, 2.05) is 0 Å². The molecule has 2 aromatic carbocycles. The predicted molar refractivity (Wildman–Crippen MR) is 151 cm³/mol. The second-order valence-corrected chi connectivity index (χ2v) is 14.3. The van der Waals surface area contributed by atoms with Gasteiger partial charge in [0.25, 0.3) is 0 Å². The minimum atomic E-state index is -5.06. The molecule has 0 radical (unpaired) electrons. The van der Waals surface area contributed by atoms with E-state index in [1.165, 1.54) is 30.2 Å². The largest absolute Gasteiger partial charge is 0.443 e. The summed E-state index contributed by atoms with van der Waals surface area (Å²) >= 11 is 0. The van der Waals surface area contributed by atoms with Gasteiger partial charge in [-0.25, -0.2) is 13.4 Å². The van der Waals surface area contributed by atoms with E-state index in [4.69, 9.17) is 9.47 Å². The van der Waals surface area contributed by atoms with Crippen molar-refractivity contribution in [3.63, 3.8) is 0 Å². The van der Waals surface area contributed by atoms with Crippen molar-refractivity contribution in [3.8, 4) is 0 Å². The van der Waals surface area contributed by atoms with E-state index >= 15 is 0 Å². The van der Waals surface area contributed by atoms with Crippen molar-refractivity contribution in [1.29, 1.82) is 0 Å². The predicted octanol–water partition coefficient (Wildman–Crippen LogP) is 8.24. The molecule has 14 heteroatoms. The van der Waals surface area contributed by atoms with Crippen molar-refractivity contribution in [3.05, 3.63) is 82.4 Å². The van der Waals surface area contributed by atoms with Crippen LogP contribution < -0.4 is 4.72 Å². The molecule has 6 nitrogen and oxygen atoms in total. The lowest BCUT2D eigenvalue weighted by Crippen LogP contribution is -2.36. The maximum atomic E-state index is 13.9. The Kier molecular flexibility index (Phi) is 10.2. The molecule has 3 rings (SSSR count). The number of hydrogen-bond acceptors (Lipinski definition) is 4. The number of hydrogen-bond donors (Lipinski definition) is 1. The first-order valence-corrected chi connectivity index (χ1v) is 14.7. The van der Waals surface area contributed by atoms with Crippen LogP contribution in [0.2, 0.25) is 0 Å². The number of likely N-dealkylation sites (tertiary alicyclic amines) is 1. The third kappa shape index (κ3) is 8.96. The first-order chi connectivity index (χ1) is 20.0. The molecule has 2 aromatic rings. The minimum absolute atomic E-state index is 0.0270. The van der Waals surface area contributed by atoms with Gasteiger partial charge in [0.1, 0.15) is 22.4 Å². The third-order valence-corrected chi connectivity index (χ3v) is 7.98. The number of alkyl halides is 6. The highest BCUT2D eigenvalue weighted by Gasteiger charge is 2.45. The van der Waals surface area contributed by atoms with E-state index in [1.54, 1.807) is 41.5 Å². The smallest absolute Gasteiger partial charge is 0.416 e. The van der Waals surface area contributed by atoms with E-state index in [0.29, 0.717) is 17.7 Å². The van der Waals surface area contributed by atoms with Crippen molar-refractivity contribution in [2.45, 2.75) is 89.3 Å². The fraction of sp³-hybridized carbons (Fsp3) is 0.500. The van der Waals surface area contributed by atoms with Gasteiger partial charge in [-0.1, -0.05) is 12.1 Å². The molecule has 0 saturated carbocycles. The molecule has 44 heavy (non-hydrogen) atoms. The second-order valence-electron chi connectivity index (χ2n) is 12.3. The van der Waals surface area contributed by atoms with E-state index in [-0.39, 0.29) is 18.3 Å². The Morgan fingerprint density at radius 3 is 1.93 bits per heavy atom. The normalized spacial score (nSPS) is 20.5. The summed E-state index contributed by atoms with van der Waals surface area (Å²) in [6, 6.07) is 6.34. The summed E-state index contributed by atoms with van der Waals surface area (Å²) in [5.74, 6) is -1.47. The quantitative estimate of drug-likeness (QED) is 0.320. The summed E-state index contributed by atoms with van der Waals surface area (Å²) in [5.41, 5.74) is -3.70. The van der Waals surface area contributed by atoms with E-state index in [9.17, 15) is 39.7 Å². The molecule has 1 unspecified atom stereocenters. The number of carbonyl (C=O) groups is 1. The highest BCUT2D eigenvalue weighted by atomic mass is 32.2. The summed E-state index contributed by atoms with van der Waals surface area (Å²) < 4.78 is 122. The molecule has 1 saturated heterocycles. The fourth-order valence-electron chi connectivity index (χ4n) is 4.44. The van der Waals surface area contributed by atoms with E-state index in [2.05, 4.69) is 4.72 Å². The van der Waals surface area contributed by atoms with Crippen LogP contribution in [-0.4, -0.2) is 38.2 Å². The van der Waals surface area contributed by atoms with Crippen molar-refractivity contribution in [1.82, 2.24) is 9.62 Å². The number of amides is 1. The van der Waals surface area contributed by atoms with Crippen LogP contribution in [0.5, 0.6) is 0 Å². The average molecular weight is 653 g/mol. The number of rotatable bonds is 6. The van der Waals surface area contributed by atoms with Crippen LogP contribution in [0, 0.1) is 5.82 Å². The number of ether oxygens (including phenoxy) is 2. The van der Waals surface area contributed by atoms with Crippen molar-refractivity contribution >= 4 is 17.1 Å². The first kappa shape index (κ1) is 35.4. The molecule has 0 aromatic heterocycles. The number of benzene rings is 2. The monoisotopic (exact) mass is 652 g/mol. The highest BCUT2D eigenvalue weighted by molar-refractivity contribution is 7.84. The first-order valence-electron chi connectivity index (χ1n) is 13.6. The van der Waals surface area contributed by atoms with Crippen LogP contribution in [0.1, 0.15) is 82.7 Å². The third-order valence-electron chi connectivity index (χ3n) is 6.54. The Bertz CT molecular complexity index is 1360. The van der Waals surface area contributed by atoms with Crippen LogP contribution in [0.15, 0.2) is 54.4 Å². The second kappa shape index (κ2) is 12.7. The molecule has 1 heterocycles. The highest BCUT2D eigenvalue weighted by Crippen LogP contribution is 2.43. The molecule has 1 N–H and O–H groups in total. The number of carbonyl (C=O) groups excluding carboxylic acids is 1. The van der Waals surface area contributed by atoms with Crippen LogP contribution in [0.25, 0.3) is 0 Å². The van der Waals surface area contributed by atoms with E-state index in [0.717, 1.165) is 12.1 Å². The SMILES string of the molecule is C[C@@H](O[C@H]1CN(C(=O)OC(C)(C)C)C(=CNS(=O)C(C)(C)C)[C@@H]1c1ccc(F)cc1)c1cc(C(F)(F)F)cc(C(F)(F)F)c1. The standard InChI is InChI=1S/C30H35F7N2O4S/c1-17(19-12-20(29(32,33)34)14-21(13-19)30(35,36)37)42-24-16-39(26(40)43-27(2,3)4)23(15-38-44(41)28(5,6)7)25(24)18-8-10-22(31)11-9-18/h8-15,17,24-25,38H,16H2,1-7H3/t17-,24+,25+,44?/m1/s1. The Labute approximate surface area is 254 Å². The number of nitrogens with zero attached hydrogens (tertiary/aromatic N) is 1. The van der Waals surface area contributed by atoms with Gasteiger partial charge in [0.15, 0.2) is 0 Å². The van der Waals surface area contributed by atoms with Gasteiger partial charge in [0.05, 0.1) is 46.2 Å². The average Bonchev–Trinajstić information content (AvgIpc) is 3.22.